The monoisotopic (exact) mass is 372 g/mol. The first-order valence-corrected chi connectivity index (χ1v) is 9.89. The molecule has 3 aromatic rings. The summed E-state index contributed by atoms with van der Waals surface area (Å²) in [6.45, 7) is 2.66. The highest BCUT2D eigenvalue weighted by molar-refractivity contribution is 5.36. The molecule has 1 fully saturated rings. The Hall–Kier alpha value is -3.04. The molecule has 1 saturated heterocycles. The lowest BCUT2D eigenvalue weighted by Gasteiger charge is -2.30. The molecule has 2 aromatic carbocycles. The topological polar surface area (TPSA) is 70.6 Å². The molecule has 1 aliphatic heterocycles. The van der Waals surface area contributed by atoms with Crippen molar-refractivity contribution in [1.82, 2.24) is 25.1 Å². The Morgan fingerprint density at radius 3 is 2.50 bits per heavy atom. The maximum absolute atomic E-state index is 9.37. The van der Waals surface area contributed by atoms with E-state index in [2.05, 4.69) is 44.7 Å². The van der Waals surface area contributed by atoms with Gasteiger partial charge >= 0.3 is 0 Å². The second-order valence-electron chi connectivity index (χ2n) is 7.27. The zero-order chi connectivity index (χ0) is 19.2. The first-order chi connectivity index (χ1) is 13.8. The van der Waals surface area contributed by atoms with E-state index < -0.39 is 0 Å². The molecular formula is C22H24N6. The van der Waals surface area contributed by atoms with Crippen LogP contribution in [0.1, 0.15) is 54.2 Å². The molecule has 0 bridgehead atoms. The van der Waals surface area contributed by atoms with Crippen molar-refractivity contribution in [1.29, 1.82) is 5.26 Å². The molecular weight excluding hydrogens is 348 g/mol. The van der Waals surface area contributed by atoms with Crippen molar-refractivity contribution in [2.24, 2.45) is 0 Å². The average molecular weight is 372 g/mol. The van der Waals surface area contributed by atoms with E-state index >= 15 is 0 Å². The number of rotatable bonds is 5. The minimum Gasteiger partial charge on any atom is -0.290 e. The number of likely N-dealkylation sites (tertiary alicyclic amines) is 1. The maximum atomic E-state index is 9.37. The molecule has 0 N–H and O–H groups in total. The minimum absolute atomic E-state index is 0.0508. The number of hydrogen-bond donors (Lipinski definition) is 0. The van der Waals surface area contributed by atoms with Crippen molar-refractivity contribution in [3.8, 4) is 6.07 Å². The SMILES string of the molecule is N#Cc1cccc(C(c2nnnn2Cc2ccccc2)N2CCCCCC2)c1. The van der Waals surface area contributed by atoms with Crippen LogP contribution in [0.25, 0.3) is 0 Å². The van der Waals surface area contributed by atoms with Gasteiger partial charge in [-0.2, -0.15) is 5.26 Å². The third-order valence-corrected chi connectivity index (χ3v) is 5.32. The fourth-order valence-corrected chi connectivity index (χ4v) is 3.93. The van der Waals surface area contributed by atoms with Gasteiger partial charge in [-0.1, -0.05) is 55.3 Å². The highest BCUT2D eigenvalue weighted by Crippen LogP contribution is 2.30. The second-order valence-corrected chi connectivity index (χ2v) is 7.27. The molecule has 6 nitrogen and oxygen atoms in total. The predicted molar refractivity (Wildman–Crippen MR) is 106 cm³/mol. The lowest BCUT2D eigenvalue weighted by atomic mass is 10.0. The summed E-state index contributed by atoms with van der Waals surface area (Å²) in [4.78, 5) is 2.47. The van der Waals surface area contributed by atoms with Crippen LogP contribution in [-0.4, -0.2) is 38.2 Å². The van der Waals surface area contributed by atoms with E-state index in [4.69, 9.17) is 0 Å². The van der Waals surface area contributed by atoms with E-state index in [9.17, 15) is 5.26 Å². The molecule has 2 heterocycles. The van der Waals surface area contributed by atoms with Crippen LogP contribution in [0.4, 0.5) is 0 Å². The lowest BCUT2D eigenvalue weighted by molar-refractivity contribution is 0.222. The third-order valence-electron chi connectivity index (χ3n) is 5.32. The predicted octanol–water partition coefficient (Wildman–Crippen LogP) is 3.56. The van der Waals surface area contributed by atoms with Gasteiger partial charge in [-0.25, -0.2) is 4.68 Å². The molecule has 142 valence electrons. The highest BCUT2D eigenvalue weighted by Gasteiger charge is 2.28. The maximum Gasteiger partial charge on any atom is 0.173 e. The fourth-order valence-electron chi connectivity index (χ4n) is 3.93. The molecule has 0 amide bonds. The standard InChI is InChI=1S/C22H24N6/c23-16-19-11-8-12-20(15-19)21(27-13-6-1-2-7-14-27)22-24-25-26-28(22)17-18-9-4-3-5-10-18/h3-5,8-12,15,21H,1-2,6-7,13-14,17H2. The van der Waals surface area contributed by atoms with Gasteiger partial charge in [0, 0.05) is 0 Å². The second kappa shape index (κ2) is 8.77. The van der Waals surface area contributed by atoms with E-state index in [0.717, 1.165) is 30.0 Å². The molecule has 6 heteroatoms. The van der Waals surface area contributed by atoms with Crippen LogP contribution < -0.4 is 0 Å². The number of aromatic nitrogens is 4. The zero-order valence-corrected chi connectivity index (χ0v) is 15.9. The van der Waals surface area contributed by atoms with Crippen LogP contribution in [0, 0.1) is 11.3 Å². The Morgan fingerprint density at radius 1 is 0.964 bits per heavy atom. The van der Waals surface area contributed by atoms with Crippen molar-refractivity contribution < 1.29 is 0 Å². The lowest BCUT2D eigenvalue weighted by Crippen LogP contribution is -2.33. The molecule has 28 heavy (non-hydrogen) atoms. The van der Waals surface area contributed by atoms with E-state index in [1.807, 2.05) is 41.1 Å². The van der Waals surface area contributed by atoms with Crippen LogP contribution in [0.5, 0.6) is 0 Å². The zero-order valence-electron chi connectivity index (χ0n) is 15.9. The molecule has 0 aliphatic carbocycles. The van der Waals surface area contributed by atoms with Gasteiger partial charge in [-0.05, 0) is 59.6 Å². The largest absolute Gasteiger partial charge is 0.290 e. The van der Waals surface area contributed by atoms with E-state index in [0.29, 0.717) is 12.1 Å². The van der Waals surface area contributed by atoms with Crippen molar-refractivity contribution in [3.05, 3.63) is 77.1 Å². The van der Waals surface area contributed by atoms with Crippen LogP contribution in [-0.2, 0) is 6.54 Å². The molecule has 1 unspecified atom stereocenters. The summed E-state index contributed by atoms with van der Waals surface area (Å²) in [6.07, 6.45) is 4.87. The van der Waals surface area contributed by atoms with Gasteiger partial charge < -0.3 is 0 Å². The number of tetrazole rings is 1. The summed E-state index contributed by atoms with van der Waals surface area (Å²) in [5.74, 6) is 0.834. The van der Waals surface area contributed by atoms with Gasteiger partial charge in [0.15, 0.2) is 5.82 Å². The normalized spacial score (nSPS) is 16.2. The molecule has 1 aromatic heterocycles. The van der Waals surface area contributed by atoms with E-state index in [-0.39, 0.29) is 6.04 Å². The van der Waals surface area contributed by atoms with E-state index in [1.165, 1.54) is 25.7 Å². The number of benzene rings is 2. The van der Waals surface area contributed by atoms with Crippen LogP contribution in [0.3, 0.4) is 0 Å². The molecule has 0 radical (unpaired) electrons. The van der Waals surface area contributed by atoms with Gasteiger partial charge in [0.1, 0.15) is 0 Å². The van der Waals surface area contributed by atoms with Crippen molar-refractivity contribution in [3.63, 3.8) is 0 Å². The highest BCUT2D eigenvalue weighted by atomic mass is 15.5. The summed E-state index contributed by atoms with van der Waals surface area (Å²) in [5.41, 5.74) is 2.90. The summed E-state index contributed by atoms with van der Waals surface area (Å²) in [7, 11) is 0. The molecule has 0 saturated carbocycles. The number of nitriles is 1. The summed E-state index contributed by atoms with van der Waals surface area (Å²) in [5, 5.41) is 22.1. The summed E-state index contributed by atoms with van der Waals surface area (Å²) < 4.78 is 1.89. The Balaban J connectivity index is 1.73. The Kier molecular flexibility index (Phi) is 5.74. The molecule has 1 aliphatic rings. The Labute approximate surface area is 165 Å². The van der Waals surface area contributed by atoms with Gasteiger partial charge in [-0.15, -0.1) is 5.10 Å². The number of nitrogens with zero attached hydrogens (tertiary/aromatic N) is 6. The smallest absolute Gasteiger partial charge is 0.173 e. The number of hydrogen-bond acceptors (Lipinski definition) is 5. The summed E-state index contributed by atoms with van der Waals surface area (Å²) in [6, 6.07) is 20.3. The van der Waals surface area contributed by atoms with Gasteiger partial charge in [-0.3, -0.25) is 4.90 Å². The van der Waals surface area contributed by atoms with Crippen molar-refractivity contribution in [2.45, 2.75) is 38.3 Å². The van der Waals surface area contributed by atoms with Crippen LogP contribution in [0.15, 0.2) is 54.6 Å². The minimum atomic E-state index is -0.0508. The van der Waals surface area contributed by atoms with Gasteiger partial charge in [0.25, 0.3) is 0 Å². The van der Waals surface area contributed by atoms with Crippen molar-refractivity contribution in [2.75, 3.05) is 13.1 Å². The van der Waals surface area contributed by atoms with Crippen molar-refractivity contribution >= 4 is 0 Å². The van der Waals surface area contributed by atoms with E-state index in [1.54, 1.807) is 0 Å². The fraction of sp³-hybridized carbons (Fsp3) is 0.364. The van der Waals surface area contributed by atoms with Gasteiger partial charge in [0.2, 0.25) is 0 Å². The average Bonchev–Trinajstić information content (AvgIpc) is 3.01. The molecule has 0 spiro atoms. The third kappa shape index (κ3) is 4.10. The van der Waals surface area contributed by atoms with Crippen LogP contribution >= 0.6 is 0 Å². The van der Waals surface area contributed by atoms with Gasteiger partial charge in [0.05, 0.1) is 24.2 Å². The quantitative estimate of drug-likeness (QED) is 0.685. The molecule has 1 atom stereocenters. The van der Waals surface area contributed by atoms with Crippen LogP contribution in [0.2, 0.25) is 0 Å². The Bertz CT molecular complexity index is 935. The molecule has 4 rings (SSSR count). The summed E-state index contributed by atoms with van der Waals surface area (Å²) >= 11 is 0. The first kappa shape index (κ1) is 18.3. The Morgan fingerprint density at radius 2 is 1.75 bits per heavy atom. The first-order valence-electron chi connectivity index (χ1n) is 9.89.